The van der Waals surface area contributed by atoms with Crippen LogP contribution in [0.15, 0.2) is 12.2 Å². The Hall–Kier alpha value is -1.86. The van der Waals surface area contributed by atoms with Gasteiger partial charge >= 0.3 is 5.97 Å². The molecule has 5 aliphatic rings. The maximum Gasteiger partial charge on any atom is 0.333 e. The Morgan fingerprint density at radius 2 is 1.83 bits per heavy atom. The van der Waals surface area contributed by atoms with Crippen molar-refractivity contribution in [1.29, 1.82) is 0 Å². The molecule has 41 heavy (non-hydrogen) atoms. The highest BCUT2D eigenvalue weighted by Crippen LogP contribution is 2.66. The van der Waals surface area contributed by atoms with Gasteiger partial charge < -0.3 is 14.2 Å². The van der Waals surface area contributed by atoms with Crippen molar-refractivity contribution in [2.24, 2.45) is 46.3 Å². The molecule has 7 nitrogen and oxygen atoms in total. The van der Waals surface area contributed by atoms with E-state index in [-0.39, 0.29) is 60.2 Å². The summed E-state index contributed by atoms with van der Waals surface area (Å²) in [7, 11) is 0. The summed E-state index contributed by atoms with van der Waals surface area (Å²) < 4.78 is 16.6. The van der Waals surface area contributed by atoms with E-state index in [1.165, 1.54) is 0 Å². The van der Waals surface area contributed by atoms with Crippen LogP contribution in [0.1, 0.15) is 105 Å². The van der Waals surface area contributed by atoms with Crippen molar-refractivity contribution in [3.8, 4) is 0 Å². The third-order valence-corrected chi connectivity index (χ3v) is 12.1. The first kappa shape index (κ1) is 30.6. The fourth-order valence-corrected chi connectivity index (χ4v) is 9.70. The summed E-state index contributed by atoms with van der Waals surface area (Å²) in [5.74, 6) is 1.47. The van der Waals surface area contributed by atoms with Crippen molar-refractivity contribution in [1.82, 2.24) is 0 Å². The van der Waals surface area contributed by atoms with E-state index < -0.39 is 11.0 Å². The maximum absolute atomic E-state index is 13.9. The second kappa shape index (κ2) is 12.0. The van der Waals surface area contributed by atoms with E-state index in [9.17, 15) is 19.2 Å². The molecule has 0 heterocycles. The van der Waals surface area contributed by atoms with Crippen molar-refractivity contribution in [2.45, 2.75) is 110 Å². The number of rotatable bonds is 10. The standard InChI is InChI=1S/C34H50O7/c1-22(9-8-16-39-21-40-20-30(38)41-32(2)13-6-5-7-14-32)25-10-11-26-31-27(19-29(37)34(25,26)4)33(3)15-12-24(35)17-23(33)18-28(31)36/h6,13,22-23,25-27,31H,5,7-12,14-21H2,1-4H3. The largest absolute Gasteiger partial charge is 0.453 e. The predicted octanol–water partition coefficient (Wildman–Crippen LogP) is 6.02. The van der Waals surface area contributed by atoms with Gasteiger partial charge in [0.05, 0.1) is 0 Å². The Morgan fingerprint density at radius 3 is 2.59 bits per heavy atom. The van der Waals surface area contributed by atoms with Gasteiger partial charge in [0.2, 0.25) is 0 Å². The molecule has 0 N–H and O–H groups in total. The number of hydrogen-bond acceptors (Lipinski definition) is 7. The van der Waals surface area contributed by atoms with Gasteiger partial charge in [-0.3, -0.25) is 14.4 Å². The minimum absolute atomic E-state index is 0.0340. The Morgan fingerprint density at radius 1 is 1.02 bits per heavy atom. The van der Waals surface area contributed by atoms with Gasteiger partial charge in [0, 0.05) is 43.6 Å². The number of Topliss-reactive ketones (excluding diaryl/α,β-unsaturated/α-hetero) is 3. The second-order valence-electron chi connectivity index (χ2n) is 14.5. The van der Waals surface area contributed by atoms with Gasteiger partial charge in [0.25, 0.3) is 0 Å². The lowest BCUT2D eigenvalue weighted by molar-refractivity contribution is -0.167. The van der Waals surface area contributed by atoms with Crippen LogP contribution < -0.4 is 0 Å². The average molecular weight is 571 g/mol. The maximum atomic E-state index is 13.9. The number of ether oxygens (including phenoxy) is 3. The van der Waals surface area contributed by atoms with E-state index in [0.29, 0.717) is 49.8 Å². The molecule has 7 heteroatoms. The molecule has 9 atom stereocenters. The molecule has 4 fully saturated rings. The SMILES string of the molecule is CC(CCCOCOCC(=O)OC1(C)C=CCCC1)C1CCC2C3C(=O)CC4CC(=O)CCC4(C)C3CC(=O)C12C. The van der Waals surface area contributed by atoms with E-state index in [1.54, 1.807) is 0 Å². The fraction of sp³-hybridized carbons (Fsp3) is 0.824. The molecule has 0 bridgehead atoms. The highest BCUT2D eigenvalue weighted by atomic mass is 16.7. The molecule has 0 aromatic rings. The van der Waals surface area contributed by atoms with E-state index >= 15 is 0 Å². The van der Waals surface area contributed by atoms with Crippen molar-refractivity contribution in [3.63, 3.8) is 0 Å². The highest BCUT2D eigenvalue weighted by molar-refractivity contribution is 5.93. The van der Waals surface area contributed by atoms with Crippen molar-refractivity contribution < 1.29 is 33.4 Å². The molecule has 9 unspecified atom stereocenters. The van der Waals surface area contributed by atoms with Crippen LogP contribution in [0, 0.1) is 46.3 Å². The minimum Gasteiger partial charge on any atom is -0.453 e. The summed E-state index contributed by atoms with van der Waals surface area (Å²) in [6.07, 6.45) is 13.5. The van der Waals surface area contributed by atoms with Crippen LogP contribution in [0.3, 0.4) is 0 Å². The van der Waals surface area contributed by atoms with Gasteiger partial charge in [-0.05, 0) is 99.4 Å². The van der Waals surface area contributed by atoms with Crippen LogP contribution in [0.4, 0.5) is 0 Å². The lowest BCUT2D eigenvalue weighted by Gasteiger charge is -2.58. The lowest BCUT2D eigenvalue weighted by atomic mass is 9.44. The summed E-state index contributed by atoms with van der Waals surface area (Å²) >= 11 is 0. The Labute approximate surface area is 245 Å². The monoisotopic (exact) mass is 570 g/mol. The third kappa shape index (κ3) is 5.87. The summed E-state index contributed by atoms with van der Waals surface area (Å²) in [6, 6.07) is 0. The zero-order chi connectivity index (χ0) is 29.4. The molecule has 0 radical (unpaired) electrons. The Bertz CT molecular complexity index is 1070. The topological polar surface area (TPSA) is 96.0 Å². The molecule has 0 aromatic heterocycles. The number of fused-ring (bicyclic) bond motifs is 5. The number of carbonyl (C=O) groups is 4. The van der Waals surface area contributed by atoms with E-state index in [0.717, 1.165) is 51.4 Å². The number of carbonyl (C=O) groups excluding carboxylic acids is 4. The van der Waals surface area contributed by atoms with Gasteiger partial charge in [-0.15, -0.1) is 0 Å². The minimum atomic E-state index is -0.535. The fourth-order valence-electron chi connectivity index (χ4n) is 9.70. The predicted molar refractivity (Wildman–Crippen MR) is 154 cm³/mol. The average Bonchev–Trinajstić information content (AvgIpc) is 3.28. The molecule has 0 aliphatic heterocycles. The van der Waals surface area contributed by atoms with E-state index in [4.69, 9.17) is 14.2 Å². The molecule has 0 amide bonds. The molecular weight excluding hydrogens is 520 g/mol. The molecule has 5 rings (SSSR count). The molecule has 5 aliphatic carbocycles. The molecule has 4 saturated carbocycles. The van der Waals surface area contributed by atoms with E-state index in [1.807, 2.05) is 13.0 Å². The number of allylic oxidation sites excluding steroid dienone is 1. The molecule has 0 aromatic carbocycles. The van der Waals surface area contributed by atoms with Crippen molar-refractivity contribution in [3.05, 3.63) is 12.2 Å². The summed E-state index contributed by atoms with van der Waals surface area (Å²) in [4.78, 5) is 51.8. The summed E-state index contributed by atoms with van der Waals surface area (Å²) in [5.41, 5.74) is -1.06. The van der Waals surface area contributed by atoms with Crippen LogP contribution in [-0.4, -0.2) is 48.9 Å². The van der Waals surface area contributed by atoms with Gasteiger partial charge in [0.15, 0.2) is 0 Å². The highest BCUT2D eigenvalue weighted by Gasteiger charge is 2.66. The van der Waals surface area contributed by atoms with Gasteiger partial charge in [0.1, 0.15) is 36.4 Å². The van der Waals surface area contributed by atoms with Gasteiger partial charge in [-0.1, -0.05) is 26.8 Å². The van der Waals surface area contributed by atoms with E-state index in [2.05, 4.69) is 26.8 Å². The van der Waals surface area contributed by atoms with Crippen LogP contribution in [-0.2, 0) is 33.4 Å². The third-order valence-electron chi connectivity index (χ3n) is 12.1. The summed E-state index contributed by atoms with van der Waals surface area (Å²) in [5, 5.41) is 0. The van der Waals surface area contributed by atoms with Gasteiger partial charge in [-0.25, -0.2) is 4.79 Å². The first-order chi connectivity index (χ1) is 19.5. The zero-order valence-corrected chi connectivity index (χ0v) is 25.6. The molecule has 0 spiro atoms. The first-order valence-corrected chi connectivity index (χ1v) is 16.1. The van der Waals surface area contributed by atoms with Gasteiger partial charge in [-0.2, -0.15) is 0 Å². The first-order valence-electron chi connectivity index (χ1n) is 16.1. The van der Waals surface area contributed by atoms with Crippen LogP contribution >= 0.6 is 0 Å². The Kier molecular flexibility index (Phi) is 8.97. The van der Waals surface area contributed by atoms with Crippen LogP contribution in [0.25, 0.3) is 0 Å². The van der Waals surface area contributed by atoms with Crippen LogP contribution in [0.5, 0.6) is 0 Å². The zero-order valence-electron chi connectivity index (χ0n) is 25.6. The smallest absolute Gasteiger partial charge is 0.333 e. The number of ketones is 3. The Balaban J connectivity index is 1.08. The normalized spacial score (nSPS) is 41.0. The quantitative estimate of drug-likeness (QED) is 0.137. The molecular formula is C34H50O7. The number of hydrogen-bond donors (Lipinski definition) is 0. The van der Waals surface area contributed by atoms with Crippen molar-refractivity contribution in [2.75, 3.05) is 20.0 Å². The summed E-state index contributed by atoms with van der Waals surface area (Å²) in [6.45, 7) is 9.05. The van der Waals surface area contributed by atoms with Crippen LogP contribution in [0.2, 0.25) is 0 Å². The number of esters is 1. The molecule has 228 valence electrons. The lowest BCUT2D eigenvalue weighted by Crippen LogP contribution is -2.60. The van der Waals surface area contributed by atoms with Crippen molar-refractivity contribution >= 4 is 23.3 Å². The molecule has 0 saturated heterocycles. The second-order valence-corrected chi connectivity index (χ2v) is 14.5.